The van der Waals surface area contributed by atoms with Crippen molar-refractivity contribution in [2.24, 2.45) is 15.9 Å². The van der Waals surface area contributed by atoms with Crippen molar-refractivity contribution >= 4 is 23.1 Å². The average molecular weight is 402 g/mol. The maximum absolute atomic E-state index is 5.93. The van der Waals surface area contributed by atoms with Crippen molar-refractivity contribution in [1.29, 1.82) is 0 Å². The molecule has 0 aliphatic carbocycles. The molecule has 0 saturated carbocycles. The highest BCUT2D eigenvalue weighted by atomic mass is 32.2. The molecule has 3 aromatic rings. The molecule has 0 amide bonds. The van der Waals surface area contributed by atoms with Crippen molar-refractivity contribution in [2.75, 3.05) is 0 Å². The van der Waals surface area contributed by atoms with Crippen LogP contribution in [0.1, 0.15) is 37.5 Å². The summed E-state index contributed by atoms with van der Waals surface area (Å²) in [4.78, 5) is 0. The Morgan fingerprint density at radius 1 is 0.862 bits per heavy atom. The van der Waals surface area contributed by atoms with Crippen LogP contribution in [0.25, 0.3) is 11.1 Å². The SMILES string of the molecule is CC(C)(C)c1ccc(-c2ccc(C=NN=C(N)SCc3ccccc3)cc2)cc1. The van der Waals surface area contributed by atoms with Gasteiger partial charge in [-0.1, -0.05) is 111 Å². The second-order valence-corrected chi connectivity index (χ2v) is 8.90. The number of hydrogen-bond acceptors (Lipinski definition) is 3. The van der Waals surface area contributed by atoms with Crippen LogP contribution in [-0.4, -0.2) is 11.4 Å². The molecule has 4 heteroatoms. The number of thioether (sulfide) groups is 1. The zero-order valence-corrected chi connectivity index (χ0v) is 18.0. The average Bonchev–Trinajstić information content (AvgIpc) is 2.73. The summed E-state index contributed by atoms with van der Waals surface area (Å²) >= 11 is 1.48. The largest absolute Gasteiger partial charge is 0.377 e. The Bertz CT molecular complexity index is 967. The lowest BCUT2D eigenvalue weighted by Crippen LogP contribution is -2.10. The van der Waals surface area contributed by atoms with Crippen molar-refractivity contribution < 1.29 is 0 Å². The predicted molar refractivity (Wildman–Crippen MR) is 128 cm³/mol. The van der Waals surface area contributed by atoms with E-state index in [9.17, 15) is 0 Å². The van der Waals surface area contributed by atoms with E-state index in [2.05, 4.69) is 79.5 Å². The Hall–Kier alpha value is -2.85. The van der Waals surface area contributed by atoms with E-state index in [-0.39, 0.29) is 5.41 Å². The van der Waals surface area contributed by atoms with E-state index in [0.717, 1.165) is 11.3 Å². The quantitative estimate of drug-likeness (QED) is 0.313. The van der Waals surface area contributed by atoms with E-state index in [1.54, 1.807) is 6.21 Å². The molecular weight excluding hydrogens is 374 g/mol. The van der Waals surface area contributed by atoms with E-state index in [0.29, 0.717) is 5.17 Å². The Kier molecular flexibility index (Phi) is 6.89. The minimum absolute atomic E-state index is 0.167. The fourth-order valence-corrected chi connectivity index (χ4v) is 3.45. The zero-order valence-electron chi connectivity index (χ0n) is 17.2. The maximum atomic E-state index is 5.93. The van der Waals surface area contributed by atoms with Crippen molar-refractivity contribution in [3.63, 3.8) is 0 Å². The summed E-state index contributed by atoms with van der Waals surface area (Å²) < 4.78 is 0. The van der Waals surface area contributed by atoms with Gasteiger partial charge in [0.25, 0.3) is 0 Å². The van der Waals surface area contributed by atoms with Gasteiger partial charge in [-0.05, 0) is 33.2 Å². The third-order valence-electron chi connectivity index (χ3n) is 4.59. The fraction of sp³-hybridized carbons (Fsp3) is 0.200. The Morgan fingerprint density at radius 3 is 2.03 bits per heavy atom. The molecular formula is C25H27N3S. The Balaban J connectivity index is 1.58. The lowest BCUT2D eigenvalue weighted by molar-refractivity contribution is 0.590. The standard InChI is InChI=1S/C25H27N3S/c1-25(2,3)23-15-13-22(14-16-23)21-11-9-19(10-12-21)17-27-28-24(26)29-18-20-7-5-4-6-8-20/h4-17H,18H2,1-3H3,(H2,26,28). The normalized spacial score (nSPS) is 12.4. The number of hydrogen-bond donors (Lipinski definition) is 1. The van der Waals surface area contributed by atoms with Gasteiger partial charge in [0.1, 0.15) is 0 Å². The predicted octanol–water partition coefficient (Wildman–Crippen LogP) is 6.23. The third kappa shape index (κ3) is 6.33. The molecule has 0 unspecified atom stereocenters. The van der Waals surface area contributed by atoms with Gasteiger partial charge in [-0.25, -0.2) is 0 Å². The van der Waals surface area contributed by atoms with E-state index >= 15 is 0 Å². The van der Waals surface area contributed by atoms with Gasteiger partial charge in [-0.15, -0.1) is 5.10 Å². The van der Waals surface area contributed by atoms with Crippen molar-refractivity contribution in [3.05, 3.63) is 95.6 Å². The van der Waals surface area contributed by atoms with E-state index < -0.39 is 0 Å². The second-order valence-electron chi connectivity index (χ2n) is 7.91. The topological polar surface area (TPSA) is 50.7 Å². The number of benzene rings is 3. The molecule has 2 N–H and O–H groups in total. The first kappa shape index (κ1) is 20.9. The van der Waals surface area contributed by atoms with Crippen molar-refractivity contribution in [1.82, 2.24) is 0 Å². The molecule has 3 nitrogen and oxygen atoms in total. The van der Waals surface area contributed by atoms with Crippen LogP contribution < -0.4 is 5.73 Å². The van der Waals surface area contributed by atoms with Crippen LogP contribution in [0.4, 0.5) is 0 Å². The van der Waals surface area contributed by atoms with Gasteiger partial charge in [0, 0.05) is 5.75 Å². The molecule has 148 valence electrons. The lowest BCUT2D eigenvalue weighted by Gasteiger charge is -2.19. The second kappa shape index (κ2) is 9.57. The highest BCUT2D eigenvalue weighted by Crippen LogP contribution is 2.26. The van der Waals surface area contributed by atoms with E-state index in [4.69, 9.17) is 5.73 Å². The maximum Gasteiger partial charge on any atom is 0.180 e. The summed E-state index contributed by atoms with van der Waals surface area (Å²) in [6, 6.07) is 27.2. The summed E-state index contributed by atoms with van der Waals surface area (Å²) in [6.07, 6.45) is 1.72. The Morgan fingerprint density at radius 2 is 1.45 bits per heavy atom. The number of amidine groups is 1. The van der Waals surface area contributed by atoms with Gasteiger partial charge in [0.15, 0.2) is 5.17 Å². The van der Waals surface area contributed by atoms with Crippen molar-refractivity contribution in [2.45, 2.75) is 31.9 Å². The number of nitrogens with two attached hydrogens (primary N) is 1. The van der Waals surface area contributed by atoms with Gasteiger partial charge < -0.3 is 5.73 Å². The highest BCUT2D eigenvalue weighted by molar-refractivity contribution is 8.13. The summed E-state index contributed by atoms with van der Waals surface area (Å²) in [6.45, 7) is 6.68. The minimum Gasteiger partial charge on any atom is -0.377 e. The van der Waals surface area contributed by atoms with Crippen LogP contribution in [0.3, 0.4) is 0 Å². The van der Waals surface area contributed by atoms with Gasteiger partial charge in [0.2, 0.25) is 0 Å². The molecule has 0 radical (unpaired) electrons. The van der Waals surface area contributed by atoms with Crippen LogP contribution in [0.15, 0.2) is 89.1 Å². The van der Waals surface area contributed by atoms with Gasteiger partial charge in [-0.2, -0.15) is 5.10 Å². The smallest absolute Gasteiger partial charge is 0.180 e. The van der Waals surface area contributed by atoms with Crippen LogP contribution in [0.2, 0.25) is 0 Å². The first-order valence-electron chi connectivity index (χ1n) is 9.66. The van der Waals surface area contributed by atoms with Crippen LogP contribution in [0, 0.1) is 0 Å². The number of nitrogens with zero attached hydrogens (tertiary/aromatic N) is 2. The molecule has 0 saturated heterocycles. The number of rotatable bonds is 5. The van der Waals surface area contributed by atoms with Crippen LogP contribution in [-0.2, 0) is 11.2 Å². The van der Waals surface area contributed by atoms with Gasteiger partial charge >= 0.3 is 0 Å². The molecule has 0 aliphatic heterocycles. The molecule has 3 aromatic carbocycles. The fourth-order valence-electron chi connectivity index (χ4n) is 2.84. The van der Waals surface area contributed by atoms with Crippen LogP contribution >= 0.6 is 11.8 Å². The first-order chi connectivity index (χ1) is 13.9. The molecule has 0 fully saturated rings. The molecule has 0 heterocycles. The summed E-state index contributed by atoms with van der Waals surface area (Å²) in [7, 11) is 0. The van der Waals surface area contributed by atoms with Gasteiger partial charge in [-0.3, -0.25) is 0 Å². The first-order valence-corrected chi connectivity index (χ1v) is 10.6. The minimum atomic E-state index is 0.167. The molecule has 29 heavy (non-hydrogen) atoms. The Labute approximate surface area is 177 Å². The van der Waals surface area contributed by atoms with E-state index in [1.165, 1.54) is 34.0 Å². The molecule has 0 bridgehead atoms. The lowest BCUT2D eigenvalue weighted by atomic mass is 9.86. The molecule has 0 aliphatic rings. The zero-order chi connectivity index (χ0) is 20.7. The summed E-state index contributed by atoms with van der Waals surface area (Å²) in [5.41, 5.74) is 12.0. The van der Waals surface area contributed by atoms with E-state index in [1.807, 2.05) is 30.3 Å². The van der Waals surface area contributed by atoms with Gasteiger partial charge in [0.05, 0.1) is 6.21 Å². The van der Waals surface area contributed by atoms with Crippen LogP contribution in [0.5, 0.6) is 0 Å². The monoisotopic (exact) mass is 401 g/mol. The summed E-state index contributed by atoms with van der Waals surface area (Å²) in [5, 5.41) is 8.65. The molecule has 3 rings (SSSR count). The highest BCUT2D eigenvalue weighted by Gasteiger charge is 2.12. The molecule has 0 aromatic heterocycles. The third-order valence-corrected chi connectivity index (χ3v) is 5.44. The van der Waals surface area contributed by atoms with Crippen molar-refractivity contribution in [3.8, 4) is 11.1 Å². The summed E-state index contributed by atoms with van der Waals surface area (Å²) in [5.74, 6) is 0.786. The molecule has 0 atom stereocenters. The molecule has 0 spiro atoms.